The summed E-state index contributed by atoms with van der Waals surface area (Å²) in [6, 6.07) is 9.42. The molecule has 0 bridgehead atoms. The number of rotatable bonds is 6. The quantitative estimate of drug-likeness (QED) is 0.875. The highest BCUT2D eigenvalue weighted by molar-refractivity contribution is 7.89. The highest BCUT2D eigenvalue weighted by Crippen LogP contribution is 2.23. The van der Waals surface area contributed by atoms with E-state index in [1.807, 2.05) is 30.3 Å². The van der Waals surface area contributed by atoms with Crippen molar-refractivity contribution in [2.75, 3.05) is 5.75 Å². The molecule has 0 heterocycles. The lowest BCUT2D eigenvalue weighted by Gasteiger charge is -2.20. The number of ketones is 1. The van der Waals surface area contributed by atoms with Gasteiger partial charge < -0.3 is 0 Å². The van der Waals surface area contributed by atoms with Crippen molar-refractivity contribution in [1.29, 1.82) is 0 Å². The fourth-order valence-corrected chi connectivity index (χ4v) is 3.64. The highest BCUT2D eigenvalue weighted by Gasteiger charge is 2.24. The number of hydrogen-bond donors (Lipinski definition) is 1. The topological polar surface area (TPSA) is 63.2 Å². The second-order valence-corrected chi connectivity index (χ2v) is 7.25. The molecule has 4 nitrogen and oxygen atoms in total. The van der Waals surface area contributed by atoms with Crippen LogP contribution in [0.5, 0.6) is 0 Å². The summed E-state index contributed by atoms with van der Waals surface area (Å²) in [6.45, 7) is 0.307. The standard InChI is InChI=1S/C15H21NO3S/c17-15-9-5-4-8-14(15)10-11-20(18,19)16-12-13-6-2-1-3-7-13/h1-3,6-7,14,16H,4-5,8-12H2. The second-order valence-electron chi connectivity index (χ2n) is 5.32. The van der Waals surface area contributed by atoms with Crippen LogP contribution in [-0.2, 0) is 21.4 Å². The minimum absolute atomic E-state index is 0.0379. The Kier molecular flexibility index (Phi) is 5.31. The van der Waals surface area contributed by atoms with E-state index in [0.29, 0.717) is 19.4 Å². The third kappa shape index (κ3) is 4.72. The van der Waals surface area contributed by atoms with Crippen molar-refractivity contribution in [2.24, 2.45) is 5.92 Å². The maximum atomic E-state index is 11.9. The van der Waals surface area contributed by atoms with E-state index in [9.17, 15) is 13.2 Å². The zero-order valence-corrected chi connectivity index (χ0v) is 12.4. The molecule has 1 atom stereocenters. The first-order chi connectivity index (χ1) is 9.57. The van der Waals surface area contributed by atoms with Gasteiger partial charge >= 0.3 is 0 Å². The molecule has 0 radical (unpaired) electrons. The molecular weight excluding hydrogens is 274 g/mol. The summed E-state index contributed by atoms with van der Waals surface area (Å²) in [7, 11) is -3.30. The third-order valence-corrected chi connectivity index (χ3v) is 5.11. The Labute approximate surface area is 120 Å². The molecule has 0 aromatic heterocycles. The van der Waals surface area contributed by atoms with Crippen molar-refractivity contribution in [3.63, 3.8) is 0 Å². The normalized spacial score (nSPS) is 20.0. The average Bonchev–Trinajstić information content (AvgIpc) is 2.46. The Morgan fingerprint density at radius 1 is 1.15 bits per heavy atom. The van der Waals surface area contributed by atoms with Gasteiger partial charge in [-0.2, -0.15) is 0 Å². The first-order valence-electron chi connectivity index (χ1n) is 7.11. The van der Waals surface area contributed by atoms with E-state index in [1.165, 1.54) is 0 Å². The number of carbonyl (C=O) groups is 1. The number of sulfonamides is 1. The van der Waals surface area contributed by atoms with Gasteiger partial charge in [0.25, 0.3) is 0 Å². The van der Waals surface area contributed by atoms with Crippen LogP contribution in [0.3, 0.4) is 0 Å². The number of Topliss-reactive ketones (excluding diaryl/α,β-unsaturated/α-hetero) is 1. The van der Waals surface area contributed by atoms with Gasteiger partial charge in [0.05, 0.1) is 5.75 Å². The molecule has 1 aromatic rings. The lowest BCUT2D eigenvalue weighted by Crippen LogP contribution is -2.29. The van der Waals surface area contributed by atoms with Gasteiger partial charge in [-0.3, -0.25) is 4.79 Å². The summed E-state index contributed by atoms with van der Waals surface area (Å²) in [6.07, 6.45) is 3.89. The van der Waals surface area contributed by atoms with E-state index >= 15 is 0 Å². The molecular formula is C15H21NO3S. The lowest BCUT2D eigenvalue weighted by molar-refractivity contribution is -0.124. The van der Waals surface area contributed by atoms with E-state index in [0.717, 1.165) is 24.8 Å². The van der Waals surface area contributed by atoms with Crippen molar-refractivity contribution in [3.8, 4) is 0 Å². The van der Waals surface area contributed by atoms with Crippen molar-refractivity contribution < 1.29 is 13.2 Å². The first kappa shape index (κ1) is 15.2. The maximum absolute atomic E-state index is 11.9. The Balaban J connectivity index is 1.80. The van der Waals surface area contributed by atoms with Gasteiger partial charge in [-0.05, 0) is 24.8 Å². The van der Waals surface area contributed by atoms with Crippen LogP contribution in [0.15, 0.2) is 30.3 Å². The van der Waals surface area contributed by atoms with Gasteiger partial charge in [0, 0.05) is 18.9 Å². The van der Waals surface area contributed by atoms with E-state index < -0.39 is 10.0 Å². The first-order valence-corrected chi connectivity index (χ1v) is 8.76. The molecule has 2 rings (SSSR count). The number of benzene rings is 1. The van der Waals surface area contributed by atoms with Crippen LogP contribution in [0.25, 0.3) is 0 Å². The SMILES string of the molecule is O=C1CCCCC1CCS(=O)(=O)NCc1ccccc1. The number of hydrogen-bond acceptors (Lipinski definition) is 3. The van der Waals surface area contributed by atoms with Gasteiger partial charge in [-0.25, -0.2) is 13.1 Å². The molecule has 1 aliphatic rings. The smallest absolute Gasteiger partial charge is 0.211 e. The molecule has 0 amide bonds. The third-order valence-electron chi connectivity index (χ3n) is 3.76. The summed E-state index contributed by atoms with van der Waals surface area (Å²) >= 11 is 0. The highest BCUT2D eigenvalue weighted by atomic mass is 32.2. The summed E-state index contributed by atoms with van der Waals surface area (Å²) in [5, 5.41) is 0. The van der Waals surface area contributed by atoms with Crippen molar-refractivity contribution in [2.45, 2.75) is 38.6 Å². The summed E-state index contributed by atoms with van der Waals surface area (Å²) in [5.74, 6) is 0.211. The Bertz CT molecular complexity index is 539. The van der Waals surface area contributed by atoms with E-state index in [4.69, 9.17) is 0 Å². The van der Waals surface area contributed by atoms with Crippen LogP contribution in [0.1, 0.15) is 37.7 Å². The van der Waals surface area contributed by atoms with E-state index in [2.05, 4.69) is 4.72 Å². The van der Waals surface area contributed by atoms with Gasteiger partial charge in [0.15, 0.2) is 0 Å². The zero-order valence-electron chi connectivity index (χ0n) is 11.5. The molecule has 1 N–H and O–H groups in total. The molecule has 110 valence electrons. The lowest BCUT2D eigenvalue weighted by atomic mass is 9.86. The van der Waals surface area contributed by atoms with Gasteiger partial charge in [-0.15, -0.1) is 0 Å². The molecule has 0 spiro atoms. The van der Waals surface area contributed by atoms with Crippen LogP contribution in [0, 0.1) is 5.92 Å². The van der Waals surface area contributed by atoms with Crippen LogP contribution in [0.4, 0.5) is 0 Å². The monoisotopic (exact) mass is 295 g/mol. The minimum Gasteiger partial charge on any atom is -0.299 e. The molecule has 1 saturated carbocycles. The Morgan fingerprint density at radius 2 is 1.90 bits per heavy atom. The number of nitrogens with one attached hydrogen (secondary N) is 1. The van der Waals surface area contributed by atoms with Crippen molar-refractivity contribution in [1.82, 2.24) is 4.72 Å². The fraction of sp³-hybridized carbons (Fsp3) is 0.533. The van der Waals surface area contributed by atoms with Crippen LogP contribution in [0.2, 0.25) is 0 Å². The minimum atomic E-state index is -3.30. The Morgan fingerprint density at radius 3 is 2.60 bits per heavy atom. The molecule has 1 aromatic carbocycles. The zero-order chi connectivity index (χ0) is 14.4. The average molecular weight is 295 g/mol. The van der Waals surface area contributed by atoms with Crippen LogP contribution in [-0.4, -0.2) is 20.0 Å². The molecule has 1 aliphatic carbocycles. The molecule has 1 fully saturated rings. The van der Waals surface area contributed by atoms with Crippen LogP contribution >= 0.6 is 0 Å². The van der Waals surface area contributed by atoms with Crippen molar-refractivity contribution >= 4 is 15.8 Å². The molecule has 5 heteroatoms. The van der Waals surface area contributed by atoms with E-state index in [1.54, 1.807) is 0 Å². The van der Waals surface area contributed by atoms with Gasteiger partial charge in [-0.1, -0.05) is 36.8 Å². The fourth-order valence-electron chi connectivity index (χ4n) is 2.52. The second kappa shape index (κ2) is 6.99. The molecule has 0 saturated heterocycles. The van der Waals surface area contributed by atoms with E-state index in [-0.39, 0.29) is 17.5 Å². The van der Waals surface area contributed by atoms with Gasteiger partial charge in [0.2, 0.25) is 10.0 Å². The van der Waals surface area contributed by atoms with Crippen molar-refractivity contribution in [3.05, 3.63) is 35.9 Å². The Hall–Kier alpha value is -1.20. The number of carbonyl (C=O) groups excluding carboxylic acids is 1. The molecule has 1 unspecified atom stereocenters. The predicted molar refractivity (Wildman–Crippen MR) is 78.7 cm³/mol. The summed E-state index contributed by atoms with van der Waals surface area (Å²) in [4.78, 5) is 11.7. The molecule has 0 aliphatic heterocycles. The summed E-state index contributed by atoms with van der Waals surface area (Å²) in [5.41, 5.74) is 0.935. The largest absolute Gasteiger partial charge is 0.299 e. The van der Waals surface area contributed by atoms with Crippen LogP contribution < -0.4 is 4.72 Å². The van der Waals surface area contributed by atoms with Gasteiger partial charge in [0.1, 0.15) is 5.78 Å². The maximum Gasteiger partial charge on any atom is 0.211 e. The molecule has 20 heavy (non-hydrogen) atoms. The predicted octanol–water partition coefficient (Wildman–Crippen LogP) is 2.26. The summed E-state index contributed by atoms with van der Waals surface area (Å²) < 4.78 is 26.5.